The standard InChI is InChI=1S/C12H21N3/c1-5-10-12(13)11(6-2)15(14-10)8-7-9(3)4/h7H,5-6,8,13H2,1-4H3. The molecule has 0 spiro atoms. The molecule has 0 aliphatic rings. The Hall–Kier alpha value is -1.25. The third kappa shape index (κ3) is 2.61. The molecule has 0 radical (unpaired) electrons. The maximum Gasteiger partial charge on any atom is 0.0854 e. The smallest absolute Gasteiger partial charge is 0.0854 e. The summed E-state index contributed by atoms with van der Waals surface area (Å²) in [4.78, 5) is 0. The fourth-order valence-electron chi connectivity index (χ4n) is 1.62. The molecule has 15 heavy (non-hydrogen) atoms. The average molecular weight is 207 g/mol. The molecule has 84 valence electrons. The number of hydrogen-bond donors (Lipinski definition) is 1. The van der Waals surface area contributed by atoms with Crippen molar-refractivity contribution in [2.24, 2.45) is 0 Å². The van der Waals surface area contributed by atoms with E-state index in [-0.39, 0.29) is 0 Å². The summed E-state index contributed by atoms with van der Waals surface area (Å²) in [6.07, 6.45) is 4.02. The molecule has 1 heterocycles. The molecule has 2 N–H and O–H groups in total. The van der Waals surface area contributed by atoms with E-state index in [9.17, 15) is 0 Å². The fraction of sp³-hybridized carbons (Fsp3) is 0.583. The van der Waals surface area contributed by atoms with Crippen LogP contribution in [0.25, 0.3) is 0 Å². The predicted molar refractivity (Wildman–Crippen MR) is 64.8 cm³/mol. The Morgan fingerprint density at radius 1 is 1.33 bits per heavy atom. The van der Waals surface area contributed by atoms with Gasteiger partial charge in [0.05, 0.1) is 23.6 Å². The number of hydrogen-bond acceptors (Lipinski definition) is 2. The van der Waals surface area contributed by atoms with E-state index in [1.807, 2.05) is 4.68 Å². The Labute approximate surface area is 92.0 Å². The van der Waals surface area contributed by atoms with Crippen LogP contribution in [0.3, 0.4) is 0 Å². The number of aromatic nitrogens is 2. The number of rotatable bonds is 4. The van der Waals surface area contributed by atoms with E-state index in [0.29, 0.717) is 0 Å². The summed E-state index contributed by atoms with van der Waals surface area (Å²) >= 11 is 0. The number of allylic oxidation sites excluding steroid dienone is 2. The summed E-state index contributed by atoms with van der Waals surface area (Å²) in [6, 6.07) is 0. The molecule has 1 aromatic heterocycles. The van der Waals surface area contributed by atoms with Crippen LogP contribution in [0.1, 0.15) is 39.1 Å². The summed E-state index contributed by atoms with van der Waals surface area (Å²) < 4.78 is 2.02. The van der Waals surface area contributed by atoms with Gasteiger partial charge in [0.25, 0.3) is 0 Å². The van der Waals surface area contributed by atoms with Gasteiger partial charge in [-0.1, -0.05) is 25.5 Å². The van der Waals surface area contributed by atoms with E-state index in [2.05, 4.69) is 38.9 Å². The predicted octanol–water partition coefficient (Wildman–Crippen LogP) is 2.56. The van der Waals surface area contributed by atoms with Crippen LogP contribution in [0.15, 0.2) is 11.6 Å². The minimum Gasteiger partial charge on any atom is -0.396 e. The van der Waals surface area contributed by atoms with Gasteiger partial charge in [0, 0.05) is 0 Å². The van der Waals surface area contributed by atoms with Crippen molar-refractivity contribution in [1.29, 1.82) is 0 Å². The lowest BCUT2D eigenvalue weighted by atomic mass is 10.2. The highest BCUT2D eigenvalue weighted by molar-refractivity contribution is 5.48. The molecule has 3 heteroatoms. The van der Waals surface area contributed by atoms with Gasteiger partial charge in [0.1, 0.15) is 0 Å². The quantitative estimate of drug-likeness (QED) is 0.771. The van der Waals surface area contributed by atoms with Crippen LogP contribution in [0.4, 0.5) is 5.69 Å². The van der Waals surface area contributed by atoms with Gasteiger partial charge < -0.3 is 5.73 Å². The second-order valence-electron chi connectivity index (χ2n) is 3.98. The lowest BCUT2D eigenvalue weighted by Crippen LogP contribution is -2.04. The maximum atomic E-state index is 6.03. The number of anilines is 1. The summed E-state index contributed by atoms with van der Waals surface area (Å²) in [5, 5.41) is 4.52. The van der Waals surface area contributed by atoms with Crippen molar-refractivity contribution >= 4 is 5.69 Å². The van der Waals surface area contributed by atoms with Crippen molar-refractivity contribution in [3.05, 3.63) is 23.0 Å². The first-order valence-corrected chi connectivity index (χ1v) is 5.57. The summed E-state index contributed by atoms with van der Waals surface area (Å²) in [5.74, 6) is 0. The number of nitrogen functional groups attached to an aromatic ring is 1. The van der Waals surface area contributed by atoms with E-state index in [4.69, 9.17) is 5.73 Å². The van der Waals surface area contributed by atoms with Gasteiger partial charge in [0.15, 0.2) is 0 Å². The van der Waals surface area contributed by atoms with Crippen LogP contribution >= 0.6 is 0 Å². The zero-order valence-electron chi connectivity index (χ0n) is 10.2. The van der Waals surface area contributed by atoms with Gasteiger partial charge in [-0.15, -0.1) is 0 Å². The maximum absolute atomic E-state index is 6.03. The van der Waals surface area contributed by atoms with Crippen LogP contribution in [0.5, 0.6) is 0 Å². The van der Waals surface area contributed by atoms with Crippen LogP contribution in [0, 0.1) is 0 Å². The van der Waals surface area contributed by atoms with Gasteiger partial charge in [-0.25, -0.2) is 0 Å². The molecule has 0 aliphatic carbocycles. The molecule has 0 aromatic carbocycles. The highest BCUT2D eigenvalue weighted by Gasteiger charge is 2.11. The van der Waals surface area contributed by atoms with Crippen molar-refractivity contribution in [2.45, 2.75) is 47.1 Å². The molecule has 0 aliphatic heterocycles. The molecule has 0 bridgehead atoms. The lowest BCUT2D eigenvalue weighted by molar-refractivity contribution is 0.650. The molecule has 0 atom stereocenters. The van der Waals surface area contributed by atoms with Gasteiger partial charge in [0.2, 0.25) is 0 Å². The first-order valence-electron chi connectivity index (χ1n) is 5.57. The monoisotopic (exact) mass is 207 g/mol. The van der Waals surface area contributed by atoms with Gasteiger partial charge in [-0.2, -0.15) is 5.10 Å². The van der Waals surface area contributed by atoms with Crippen molar-refractivity contribution < 1.29 is 0 Å². The van der Waals surface area contributed by atoms with E-state index in [0.717, 1.165) is 36.5 Å². The first kappa shape index (κ1) is 11.8. The van der Waals surface area contributed by atoms with Crippen LogP contribution in [-0.4, -0.2) is 9.78 Å². The van der Waals surface area contributed by atoms with Crippen LogP contribution in [0.2, 0.25) is 0 Å². The fourth-order valence-corrected chi connectivity index (χ4v) is 1.62. The van der Waals surface area contributed by atoms with Crippen LogP contribution < -0.4 is 5.73 Å². The normalized spacial score (nSPS) is 10.4. The topological polar surface area (TPSA) is 43.8 Å². The van der Waals surface area contributed by atoms with E-state index in [1.165, 1.54) is 5.57 Å². The van der Waals surface area contributed by atoms with Gasteiger partial charge in [-0.3, -0.25) is 4.68 Å². The molecular weight excluding hydrogens is 186 g/mol. The Balaban J connectivity index is 3.01. The number of nitrogens with zero attached hydrogens (tertiary/aromatic N) is 2. The summed E-state index contributed by atoms with van der Waals surface area (Å²) in [7, 11) is 0. The van der Waals surface area contributed by atoms with Crippen molar-refractivity contribution in [1.82, 2.24) is 9.78 Å². The molecule has 0 amide bonds. The van der Waals surface area contributed by atoms with Crippen molar-refractivity contribution in [2.75, 3.05) is 5.73 Å². The minimum absolute atomic E-state index is 0.829. The Bertz CT molecular complexity index is 357. The minimum atomic E-state index is 0.829. The molecule has 0 saturated carbocycles. The molecule has 1 aromatic rings. The first-order chi connectivity index (χ1) is 7.10. The molecule has 0 unspecified atom stereocenters. The highest BCUT2D eigenvalue weighted by atomic mass is 15.3. The second kappa shape index (κ2) is 5.01. The largest absolute Gasteiger partial charge is 0.396 e. The SMILES string of the molecule is CCc1nn(CC=C(C)C)c(CC)c1N. The zero-order valence-corrected chi connectivity index (χ0v) is 10.2. The summed E-state index contributed by atoms with van der Waals surface area (Å²) in [5.41, 5.74) is 10.4. The number of nitrogens with two attached hydrogens (primary N) is 1. The third-order valence-electron chi connectivity index (χ3n) is 2.52. The molecule has 0 saturated heterocycles. The third-order valence-corrected chi connectivity index (χ3v) is 2.52. The lowest BCUT2D eigenvalue weighted by Gasteiger charge is -2.03. The number of aryl methyl sites for hydroxylation is 1. The molecular formula is C12H21N3. The highest BCUT2D eigenvalue weighted by Crippen LogP contribution is 2.18. The van der Waals surface area contributed by atoms with Gasteiger partial charge in [-0.05, 0) is 26.7 Å². The van der Waals surface area contributed by atoms with Crippen molar-refractivity contribution in [3.8, 4) is 0 Å². The molecule has 0 fully saturated rings. The van der Waals surface area contributed by atoms with Crippen molar-refractivity contribution in [3.63, 3.8) is 0 Å². The Kier molecular flexibility index (Phi) is 3.95. The zero-order chi connectivity index (χ0) is 11.4. The molecule has 3 nitrogen and oxygen atoms in total. The second-order valence-corrected chi connectivity index (χ2v) is 3.98. The van der Waals surface area contributed by atoms with E-state index < -0.39 is 0 Å². The average Bonchev–Trinajstić information content (AvgIpc) is 2.51. The van der Waals surface area contributed by atoms with E-state index >= 15 is 0 Å². The van der Waals surface area contributed by atoms with Gasteiger partial charge >= 0.3 is 0 Å². The van der Waals surface area contributed by atoms with Crippen LogP contribution in [-0.2, 0) is 19.4 Å². The Morgan fingerprint density at radius 2 is 2.00 bits per heavy atom. The van der Waals surface area contributed by atoms with E-state index in [1.54, 1.807) is 0 Å². The molecule has 1 rings (SSSR count). The summed E-state index contributed by atoms with van der Waals surface area (Å²) in [6.45, 7) is 9.23. The Morgan fingerprint density at radius 3 is 2.47 bits per heavy atom.